The molecule has 0 bridgehead atoms. The van der Waals surface area contributed by atoms with Gasteiger partial charge in [0.25, 0.3) is 0 Å². The van der Waals surface area contributed by atoms with Crippen LogP contribution in [0.5, 0.6) is 11.5 Å². The highest BCUT2D eigenvalue weighted by molar-refractivity contribution is 6.33. The number of halogens is 1. The fraction of sp³-hybridized carbons (Fsp3) is 0.211. The van der Waals surface area contributed by atoms with Crippen LogP contribution in [-0.4, -0.2) is 14.2 Å². The van der Waals surface area contributed by atoms with Gasteiger partial charge in [0.1, 0.15) is 11.3 Å². The second-order valence-electron chi connectivity index (χ2n) is 5.55. The van der Waals surface area contributed by atoms with E-state index >= 15 is 0 Å². The van der Waals surface area contributed by atoms with Gasteiger partial charge in [0.05, 0.1) is 19.6 Å². The van der Waals surface area contributed by atoms with Crippen LogP contribution in [0.25, 0.3) is 22.3 Å². The van der Waals surface area contributed by atoms with Crippen LogP contribution in [0.2, 0.25) is 5.02 Å². The fourth-order valence-electron chi connectivity index (χ4n) is 2.78. The minimum absolute atomic E-state index is 0.125. The molecular formula is C19H17ClO4. The molecule has 1 heterocycles. The Hall–Kier alpha value is -2.46. The van der Waals surface area contributed by atoms with E-state index in [0.717, 1.165) is 16.7 Å². The molecule has 0 unspecified atom stereocenters. The first-order valence-corrected chi connectivity index (χ1v) is 7.80. The summed E-state index contributed by atoms with van der Waals surface area (Å²) in [5.41, 5.74) is 2.73. The fourth-order valence-corrected chi connectivity index (χ4v) is 2.93. The average molecular weight is 345 g/mol. The van der Waals surface area contributed by atoms with Gasteiger partial charge < -0.3 is 13.9 Å². The Labute approximate surface area is 144 Å². The van der Waals surface area contributed by atoms with E-state index < -0.39 is 0 Å². The van der Waals surface area contributed by atoms with Crippen LogP contribution in [0.4, 0.5) is 0 Å². The largest absolute Gasteiger partial charge is 0.493 e. The zero-order valence-corrected chi connectivity index (χ0v) is 14.7. The molecule has 3 rings (SSSR count). The second-order valence-corrected chi connectivity index (χ2v) is 5.93. The average Bonchev–Trinajstić information content (AvgIpc) is 2.58. The molecule has 0 atom stereocenters. The molecule has 0 aliphatic carbocycles. The lowest BCUT2D eigenvalue weighted by molar-refractivity contribution is 0.355. The maximum absolute atomic E-state index is 12.6. The number of aryl methyl sites for hydroxylation is 2. The minimum Gasteiger partial charge on any atom is -0.493 e. The third-order valence-corrected chi connectivity index (χ3v) is 4.62. The SMILES string of the molecule is COc1ccc(-c2cc(=O)c3c(C)c(Cl)c(C)cc3o2)cc1OC. The van der Waals surface area contributed by atoms with Gasteiger partial charge in [0.2, 0.25) is 0 Å². The van der Waals surface area contributed by atoms with Crippen molar-refractivity contribution in [3.05, 3.63) is 56.7 Å². The highest BCUT2D eigenvalue weighted by Crippen LogP contribution is 2.34. The summed E-state index contributed by atoms with van der Waals surface area (Å²) in [5.74, 6) is 1.65. The van der Waals surface area contributed by atoms with E-state index in [1.54, 1.807) is 32.4 Å². The maximum Gasteiger partial charge on any atom is 0.193 e. The molecule has 3 aromatic rings. The predicted molar refractivity (Wildman–Crippen MR) is 95.5 cm³/mol. The molecule has 0 saturated carbocycles. The molecule has 4 nitrogen and oxygen atoms in total. The van der Waals surface area contributed by atoms with Crippen molar-refractivity contribution in [2.24, 2.45) is 0 Å². The van der Waals surface area contributed by atoms with Crippen molar-refractivity contribution in [1.29, 1.82) is 0 Å². The molecule has 124 valence electrons. The number of ether oxygens (including phenoxy) is 2. The van der Waals surface area contributed by atoms with Crippen molar-refractivity contribution >= 4 is 22.6 Å². The molecule has 5 heteroatoms. The number of fused-ring (bicyclic) bond motifs is 1. The third kappa shape index (κ3) is 2.63. The summed E-state index contributed by atoms with van der Waals surface area (Å²) < 4.78 is 16.5. The lowest BCUT2D eigenvalue weighted by atomic mass is 10.0. The van der Waals surface area contributed by atoms with Gasteiger partial charge >= 0.3 is 0 Å². The summed E-state index contributed by atoms with van der Waals surface area (Å²) in [6.07, 6.45) is 0. The van der Waals surface area contributed by atoms with Gasteiger partial charge in [0.15, 0.2) is 16.9 Å². The molecule has 0 aliphatic heterocycles. The molecule has 0 spiro atoms. The highest BCUT2D eigenvalue weighted by Gasteiger charge is 2.14. The van der Waals surface area contributed by atoms with Gasteiger partial charge in [-0.25, -0.2) is 0 Å². The Morgan fingerprint density at radius 3 is 2.38 bits per heavy atom. The molecule has 0 fully saturated rings. The summed E-state index contributed by atoms with van der Waals surface area (Å²) in [6.45, 7) is 3.71. The maximum atomic E-state index is 12.6. The van der Waals surface area contributed by atoms with Crippen LogP contribution in [-0.2, 0) is 0 Å². The van der Waals surface area contributed by atoms with Crippen molar-refractivity contribution in [3.63, 3.8) is 0 Å². The molecule has 0 amide bonds. The molecule has 24 heavy (non-hydrogen) atoms. The van der Waals surface area contributed by atoms with E-state index in [4.69, 9.17) is 25.5 Å². The summed E-state index contributed by atoms with van der Waals surface area (Å²) in [4.78, 5) is 12.6. The Morgan fingerprint density at radius 1 is 1.00 bits per heavy atom. The van der Waals surface area contributed by atoms with Gasteiger partial charge in [0, 0.05) is 16.7 Å². The Bertz CT molecular complexity index is 989. The zero-order chi connectivity index (χ0) is 17.4. The van der Waals surface area contributed by atoms with Crippen molar-refractivity contribution in [2.75, 3.05) is 14.2 Å². The van der Waals surface area contributed by atoms with Crippen LogP contribution in [0.1, 0.15) is 11.1 Å². The third-order valence-electron chi connectivity index (χ3n) is 4.04. The number of hydrogen-bond donors (Lipinski definition) is 0. The molecule has 1 aromatic heterocycles. The summed E-state index contributed by atoms with van der Waals surface area (Å²) in [5, 5.41) is 1.10. The topological polar surface area (TPSA) is 48.7 Å². The standard InChI is InChI=1S/C19H17ClO4/c1-10-7-17-18(11(2)19(10)20)13(21)9-15(24-17)12-5-6-14(22-3)16(8-12)23-4/h5-9H,1-4H3. The monoisotopic (exact) mass is 344 g/mol. The summed E-state index contributed by atoms with van der Waals surface area (Å²) in [7, 11) is 3.13. The zero-order valence-electron chi connectivity index (χ0n) is 13.9. The Kier molecular flexibility index (Phi) is 4.24. The van der Waals surface area contributed by atoms with Crippen molar-refractivity contribution < 1.29 is 13.9 Å². The van der Waals surface area contributed by atoms with Crippen LogP contribution in [0.15, 0.2) is 39.5 Å². The molecule has 0 aliphatic rings. The van der Waals surface area contributed by atoms with E-state index in [1.165, 1.54) is 6.07 Å². The number of methoxy groups -OCH3 is 2. The lowest BCUT2D eigenvalue weighted by Gasteiger charge is -2.11. The number of hydrogen-bond acceptors (Lipinski definition) is 4. The van der Waals surface area contributed by atoms with Crippen molar-refractivity contribution in [3.8, 4) is 22.8 Å². The van der Waals surface area contributed by atoms with Crippen LogP contribution in [0.3, 0.4) is 0 Å². The molecule has 0 N–H and O–H groups in total. The molecular weight excluding hydrogens is 328 g/mol. The second kappa shape index (κ2) is 6.21. The lowest BCUT2D eigenvalue weighted by Crippen LogP contribution is -2.03. The Morgan fingerprint density at radius 2 is 1.71 bits per heavy atom. The molecule has 2 aromatic carbocycles. The van der Waals surface area contributed by atoms with Gasteiger partial charge in [-0.05, 0) is 49.2 Å². The van der Waals surface area contributed by atoms with Gasteiger partial charge in [-0.3, -0.25) is 4.79 Å². The van der Waals surface area contributed by atoms with E-state index in [1.807, 2.05) is 19.9 Å². The molecule has 0 radical (unpaired) electrons. The van der Waals surface area contributed by atoms with E-state index in [9.17, 15) is 4.79 Å². The minimum atomic E-state index is -0.125. The normalized spacial score (nSPS) is 10.9. The number of rotatable bonds is 3. The highest BCUT2D eigenvalue weighted by atomic mass is 35.5. The quantitative estimate of drug-likeness (QED) is 0.688. The smallest absolute Gasteiger partial charge is 0.193 e. The van der Waals surface area contributed by atoms with Crippen LogP contribution >= 0.6 is 11.6 Å². The number of benzene rings is 2. The summed E-state index contributed by atoms with van der Waals surface area (Å²) >= 11 is 6.25. The van der Waals surface area contributed by atoms with E-state index in [0.29, 0.717) is 33.3 Å². The van der Waals surface area contributed by atoms with Crippen molar-refractivity contribution in [2.45, 2.75) is 13.8 Å². The van der Waals surface area contributed by atoms with Crippen LogP contribution < -0.4 is 14.9 Å². The van der Waals surface area contributed by atoms with Gasteiger partial charge in [-0.15, -0.1) is 0 Å². The summed E-state index contributed by atoms with van der Waals surface area (Å²) in [6, 6.07) is 8.63. The predicted octanol–water partition coefficient (Wildman–Crippen LogP) is 4.75. The van der Waals surface area contributed by atoms with Gasteiger partial charge in [-0.2, -0.15) is 0 Å². The Balaban J connectivity index is 2.25. The van der Waals surface area contributed by atoms with Gasteiger partial charge in [-0.1, -0.05) is 11.6 Å². The first kappa shape index (κ1) is 16.4. The van der Waals surface area contributed by atoms with Crippen LogP contribution in [0, 0.1) is 13.8 Å². The van der Waals surface area contributed by atoms with E-state index in [2.05, 4.69) is 0 Å². The van der Waals surface area contributed by atoms with E-state index in [-0.39, 0.29) is 5.43 Å². The first-order chi connectivity index (χ1) is 11.5. The molecule has 0 saturated heterocycles. The van der Waals surface area contributed by atoms with Crippen molar-refractivity contribution in [1.82, 2.24) is 0 Å². The first-order valence-electron chi connectivity index (χ1n) is 7.42.